The Labute approximate surface area is 116 Å². The molecule has 0 unspecified atom stereocenters. The first-order chi connectivity index (χ1) is 8.58. The van der Waals surface area contributed by atoms with Crippen LogP contribution in [0.25, 0.3) is 0 Å². The molecule has 1 aromatic rings. The molecular weight excluding hydrogens is 296 g/mol. The minimum absolute atomic E-state index is 0.332. The largest absolute Gasteiger partial charge is 0.461 e. The predicted molar refractivity (Wildman–Crippen MR) is 76.6 cm³/mol. The summed E-state index contributed by atoms with van der Waals surface area (Å²) in [6.45, 7) is 7.24. The lowest BCUT2D eigenvalue weighted by Gasteiger charge is -2.17. The van der Waals surface area contributed by atoms with Crippen LogP contribution in [0.4, 0.5) is 5.69 Å². The number of carbonyl (C=O) groups is 1. The second kappa shape index (κ2) is 7.38. The molecule has 0 atom stereocenters. The summed E-state index contributed by atoms with van der Waals surface area (Å²) in [5.41, 5.74) is 6.73. The zero-order valence-electron chi connectivity index (χ0n) is 10.8. The third-order valence-electron chi connectivity index (χ3n) is 2.77. The Bertz CT molecular complexity index is 406. The number of benzene rings is 1. The molecule has 1 rings (SSSR count). The predicted octanol–water partition coefficient (Wildman–Crippen LogP) is 2.53. The van der Waals surface area contributed by atoms with Crippen LogP contribution in [-0.2, 0) is 4.74 Å². The molecule has 18 heavy (non-hydrogen) atoms. The van der Waals surface area contributed by atoms with Crippen LogP contribution in [0.3, 0.4) is 0 Å². The minimum atomic E-state index is -0.332. The Balaban J connectivity index is 2.48. The van der Waals surface area contributed by atoms with Gasteiger partial charge in [0.05, 0.1) is 5.56 Å². The zero-order chi connectivity index (χ0) is 13.5. The molecule has 0 heterocycles. The smallest absolute Gasteiger partial charge is 0.338 e. The number of nitrogens with zero attached hydrogens (tertiary/aromatic N) is 1. The Morgan fingerprint density at radius 2 is 2.06 bits per heavy atom. The van der Waals surface area contributed by atoms with Crippen LogP contribution < -0.4 is 5.73 Å². The van der Waals surface area contributed by atoms with Gasteiger partial charge in [0.2, 0.25) is 0 Å². The van der Waals surface area contributed by atoms with Crippen LogP contribution in [0.1, 0.15) is 24.2 Å². The van der Waals surface area contributed by atoms with E-state index in [1.54, 1.807) is 18.2 Å². The summed E-state index contributed by atoms with van der Waals surface area (Å²) < 4.78 is 5.99. The molecule has 1 aromatic carbocycles. The number of halogens is 1. The number of ether oxygens (including phenoxy) is 1. The summed E-state index contributed by atoms with van der Waals surface area (Å²) >= 11 is 3.29. The molecule has 0 aromatic heterocycles. The average Bonchev–Trinajstić information content (AvgIpc) is 2.37. The lowest BCUT2D eigenvalue weighted by atomic mass is 10.2. The van der Waals surface area contributed by atoms with Crippen LogP contribution in [0.5, 0.6) is 0 Å². The van der Waals surface area contributed by atoms with Crippen LogP contribution in [0, 0.1) is 0 Å². The van der Waals surface area contributed by atoms with E-state index in [0.717, 1.165) is 24.1 Å². The van der Waals surface area contributed by atoms with Crippen molar-refractivity contribution in [2.45, 2.75) is 13.8 Å². The first kappa shape index (κ1) is 15.0. The second-order valence-corrected chi connectivity index (χ2v) is 4.75. The van der Waals surface area contributed by atoms with Crippen molar-refractivity contribution in [2.75, 3.05) is 32.0 Å². The van der Waals surface area contributed by atoms with Crippen molar-refractivity contribution >= 4 is 27.6 Å². The molecule has 100 valence electrons. The van der Waals surface area contributed by atoms with E-state index in [0.29, 0.717) is 17.9 Å². The summed E-state index contributed by atoms with van der Waals surface area (Å²) in [4.78, 5) is 14.0. The van der Waals surface area contributed by atoms with Gasteiger partial charge in [0.15, 0.2) is 0 Å². The van der Waals surface area contributed by atoms with Crippen molar-refractivity contribution in [3.63, 3.8) is 0 Å². The summed E-state index contributed by atoms with van der Waals surface area (Å²) in [5, 5.41) is 0. The van der Waals surface area contributed by atoms with E-state index in [-0.39, 0.29) is 5.97 Å². The lowest BCUT2D eigenvalue weighted by molar-refractivity contribution is 0.0466. The molecule has 5 heteroatoms. The highest BCUT2D eigenvalue weighted by Gasteiger charge is 2.09. The maximum atomic E-state index is 11.8. The van der Waals surface area contributed by atoms with Crippen LogP contribution >= 0.6 is 15.9 Å². The van der Waals surface area contributed by atoms with Gasteiger partial charge in [0.25, 0.3) is 0 Å². The fraction of sp³-hybridized carbons (Fsp3) is 0.462. The second-order valence-electron chi connectivity index (χ2n) is 3.90. The van der Waals surface area contributed by atoms with E-state index in [1.807, 2.05) is 0 Å². The molecule has 0 bridgehead atoms. The van der Waals surface area contributed by atoms with Crippen LogP contribution in [-0.4, -0.2) is 37.1 Å². The quantitative estimate of drug-likeness (QED) is 0.647. The van der Waals surface area contributed by atoms with E-state index in [4.69, 9.17) is 10.5 Å². The molecule has 0 aliphatic heterocycles. The van der Waals surface area contributed by atoms with Gasteiger partial charge < -0.3 is 15.4 Å². The number of nitrogen functional groups attached to an aromatic ring is 1. The van der Waals surface area contributed by atoms with Crippen molar-refractivity contribution in [3.05, 3.63) is 28.2 Å². The van der Waals surface area contributed by atoms with Crippen molar-refractivity contribution in [3.8, 4) is 0 Å². The van der Waals surface area contributed by atoms with Gasteiger partial charge >= 0.3 is 5.97 Å². The van der Waals surface area contributed by atoms with Crippen LogP contribution in [0.2, 0.25) is 0 Å². The molecule has 0 fully saturated rings. The summed E-state index contributed by atoms with van der Waals surface area (Å²) in [6.07, 6.45) is 0. The average molecular weight is 315 g/mol. The van der Waals surface area contributed by atoms with E-state index in [2.05, 4.69) is 34.7 Å². The lowest BCUT2D eigenvalue weighted by Crippen LogP contribution is -2.27. The summed E-state index contributed by atoms with van der Waals surface area (Å²) in [7, 11) is 0. The fourth-order valence-electron chi connectivity index (χ4n) is 1.56. The fourth-order valence-corrected chi connectivity index (χ4v) is 1.81. The van der Waals surface area contributed by atoms with Gasteiger partial charge in [-0.15, -0.1) is 0 Å². The van der Waals surface area contributed by atoms with E-state index in [9.17, 15) is 4.79 Å². The number of likely N-dealkylation sites (N-methyl/N-ethyl adjacent to an activating group) is 1. The molecule has 0 saturated heterocycles. The normalized spacial score (nSPS) is 10.7. The molecule has 0 saturated carbocycles. The molecule has 0 aliphatic carbocycles. The SMILES string of the molecule is CCN(CC)CCOC(=O)c1ccc(Br)c(N)c1. The van der Waals surface area contributed by atoms with Crippen molar-refractivity contribution in [1.29, 1.82) is 0 Å². The first-order valence-electron chi connectivity index (χ1n) is 6.03. The zero-order valence-corrected chi connectivity index (χ0v) is 12.4. The van der Waals surface area contributed by atoms with Crippen molar-refractivity contribution in [2.24, 2.45) is 0 Å². The Kier molecular flexibility index (Phi) is 6.15. The van der Waals surface area contributed by atoms with Crippen molar-refractivity contribution < 1.29 is 9.53 Å². The number of hydrogen-bond acceptors (Lipinski definition) is 4. The van der Waals surface area contributed by atoms with Gasteiger partial charge in [-0.1, -0.05) is 13.8 Å². The minimum Gasteiger partial charge on any atom is -0.461 e. The molecule has 0 amide bonds. The Morgan fingerprint density at radius 3 is 2.61 bits per heavy atom. The third-order valence-corrected chi connectivity index (χ3v) is 3.49. The molecule has 0 aliphatic rings. The highest BCUT2D eigenvalue weighted by molar-refractivity contribution is 9.10. The van der Waals surface area contributed by atoms with E-state index < -0.39 is 0 Å². The van der Waals surface area contributed by atoms with Gasteiger partial charge in [-0.25, -0.2) is 4.79 Å². The standard InChI is InChI=1S/C13H19BrN2O2/c1-3-16(4-2)7-8-18-13(17)10-5-6-11(14)12(15)9-10/h5-6,9H,3-4,7-8,15H2,1-2H3. The van der Waals surface area contributed by atoms with Crippen LogP contribution in [0.15, 0.2) is 22.7 Å². The maximum Gasteiger partial charge on any atom is 0.338 e. The number of nitrogens with two attached hydrogens (primary N) is 1. The van der Waals surface area contributed by atoms with E-state index >= 15 is 0 Å². The number of rotatable bonds is 6. The monoisotopic (exact) mass is 314 g/mol. The number of carbonyl (C=O) groups excluding carboxylic acids is 1. The number of anilines is 1. The van der Waals surface area contributed by atoms with Gasteiger partial charge in [0, 0.05) is 16.7 Å². The van der Waals surface area contributed by atoms with Gasteiger partial charge in [-0.2, -0.15) is 0 Å². The molecule has 4 nitrogen and oxygen atoms in total. The highest BCUT2D eigenvalue weighted by Crippen LogP contribution is 2.20. The first-order valence-corrected chi connectivity index (χ1v) is 6.82. The topological polar surface area (TPSA) is 55.6 Å². The van der Waals surface area contributed by atoms with E-state index in [1.165, 1.54) is 0 Å². The Morgan fingerprint density at radius 1 is 1.39 bits per heavy atom. The molecule has 2 N–H and O–H groups in total. The molecule has 0 radical (unpaired) electrons. The maximum absolute atomic E-state index is 11.8. The van der Waals surface area contributed by atoms with Gasteiger partial charge in [-0.05, 0) is 47.2 Å². The summed E-state index contributed by atoms with van der Waals surface area (Å²) in [5.74, 6) is -0.332. The summed E-state index contributed by atoms with van der Waals surface area (Å²) in [6, 6.07) is 5.06. The third kappa shape index (κ3) is 4.31. The van der Waals surface area contributed by atoms with Crippen molar-refractivity contribution in [1.82, 2.24) is 4.90 Å². The van der Waals surface area contributed by atoms with Gasteiger partial charge in [-0.3, -0.25) is 0 Å². The van der Waals surface area contributed by atoms with Gasteiger partial charge in [0.1, 0.15) is 6.61 Å². The Hall–Kier alpha value is -1.07. The molecule has 0 spiro atoms. The highest BCUT2D eigenvalue weighted by atomic mass is 79.9. The molecular formula is C13H19BrN2O2. The number of esters is 1. The number of hydrogen-bond donors (Lipinski definition) is 1.